The molecule has 0 bridgehead atoms. The molecule has 1 saturated heterocycles. The molecule has 0 aliphatic carbocycles. The van der Waals surface area contributed by atoms with Gasteiger partial charge in [-0.15, -0.1) is 11.3 Å². The number of aliphatic carboxylic acids is 1. The van der Waals surface area contributed by atoms with Crippen molar-refractivity contribution in [3.63, 3.8) is 0 Å². The Bertz CT molecular complexity index is 1280. The second-order valence-corrected chi connectivity index (χ2v) is 11.6. The van der Waals surface area contributed by atoms with E-state index in [1.165, 1.54) is 16.2 Å². The number of halogens is 2. The van der Waals surface area contributed by atoms with Gasteiger partial charge in [-0.3, -0.25) is 4.90 Å². The maximum absolute atomic E-state index is 12.9. The first-order chi connectivity index (χ1) is 17.6. The first-order valence-corrected chi connectivity index (χ1v) is 13.6. The van der Waals surface area contributed by atoms with Gasteiger partial charge < -0.3 is 14.7 Å². The van der Waals surface area contributed by atoms with E-state index in [-0.39, 0.29) is 19.7 Å². The van der Waals surface area contributed by atoms with E-state index in [9.17, 15) is 14.7 Å². The summed E-state index contributed by atoms with van der Waals surface area (Å²) in [6, 6.07) is 14.7. The zero-order valence-electron chi connectivity index (χ0n) is 20.9. The molecule has 2 aromatic carbocycles. The number of amides is 1. The molecule has 1 N–H and O–H groups in total. The monoisotopic (exact) mass is 561 g/mol. The zero-order valence-corrected chi connectivity index (χ0v) is 23.2. The average molecular weight is 563 g/mol. The Kier molecular flexibility index (Phi) is 8.31. The highest BCUT2D eigenvalue weighted by molar-refractivity contribution is 7.16. The topological polar surface area (TPSA) is 83.0 Å². The van der Waals surface area contributed by atoms with E-state index >= 15 is 0 Å². The molecule has 1 aliphatic rings. The molecular formula is C27H29Cl2N3O4S. The summed E-state index contributed by atoms with van der Waals surface area (Å²) in [5.74, 6) is -0.701. The number of benzene rings is 2. The minimum Gasteiger partial charge on any atom is -0.479 e. The van der Waals surface area contributed by atoms with Gasteiger partial charge in [-0.1, -0.05) is 73.4 Å². The number of rotatable bonds is 7. The number of thiazole rings is 1. The maximum atomic E-state index is 12.9. The number of aromatic nitrogens is 1. The number of nitrogens with zero attached hydrogens (tertiary/aromatic N) is 3. The molecular weight excluding hydrogens is 533 g/mol. The SMILES string of the molecule is CC(C)Cc1sc(N2CCN(C(=O)OCc3ccccc3)C(C)(C(=O)O)C2)nc1-c1ccc(Cl)c(Cl)c1. The predicted molar refractivity (Wildman–Crippen MR) is 148 cm³/mol. The van der Waals surface area contributed by atoms with Crippen LogP contribution in [0, 0.1) is 5.92 Å². The summed E-state index contributed by atoms with van der Waals surface area (Å²) in [7, 11) is 0. The van der Waals surface area contributed by atoms with Crippen LogP contribution in [-0.2, 0) is 22.6 Å². The zero-order chi connectivity index (χ0) is 26.7. The third-order valence-corrected chi connectivity index (χ3v) is 8.20. The molecule has 1 aromatic heterocycles. The molecule has 1 fully saturated rings. The maximum Gasteiger partial charge on any atom is 0.411 e. The van der Waals surface area contributed by atoms with E-state index in [2.05, 4.69) is 13.8 Å². The van der Waals surface area contributed by atoms with E-state index in [1.807, 2.05) is 41.3 Å². The second-order valence-electron chi connectivity index (χ2n) is 9.69. The van der Waals surface area contributed by atoms with Gasteiger partial charge in [0.25, 0.3) is 0 Å². The van der Waals surface area contributed by atoms with E-state index in [0.29, 0.717) is 27.6 Å². The molecule has 2 heterocycles. The minimum atomic E-state index is -1.49. The quantitative estimate of drug-likeness (QED) is 0.349. The van der Waals surface area contributed by atoms with Gasteiger partial charge in [0.1, 0.15) is 6.61 Å². The van der Waals surface area contributed by atoms with Crippen LogP contribution in [0.5, 0.6) is 0 Å². The molecule has 0 saturated carbocycles. The van der Waals surface area contributed by atoms with Crippen LogP contribution in [0.15, 0.2) is 48.5 Å². The van der Waals surface area contributed by atoms with Gasteiger partial charge >= 0.3 is 12.1 Å². The summed E-state index contributed by atoms with van der Waals surface area (Å²) >= 11 is 13.9. The average Bonchev–Trinajstić information content (AvgIpc) is 3.27. The van der Waals surface area contributed by atoms with E-state index in [0.717, 1.165) is 28.1 Å². The Morgan fingerprint density at radius 1 is 1.14 bits per heavy atom. The van der Waals surface area contributed by atoms with Crippen LogP contribution in [0.4, 0.5) is 9.93 Å². The molecule has 0 spiro atoms. The number of carboxylic acid groups (broad SMARTS) is 1. The molecule has 4 rings (SSSR count). The normalized spacial score (nSPS) is 17.8. The molecule has 1 atom stereocenters. The highest BCUT2D eigenvalue weighted by atomic mass is 35.5. The lowest BCUT2D eigenvalue weighted by molar-refractivity contribution is -0.149. The highest BCUT2D eigenvalue weighted by Gasteiger charge is 2.48. The van der Waals surface area contributed by atoms with Crippen LogP contribution in [0.2, 0.25) is 10.0 Å². The van der Waals surface area contributed by atoms with E-state index < -0.39 is 17.6 Å². The summed E-state index contributed by atoms with van der Waals surface area (Å²) in [6.45, 7) is 6.61. The van der Waals surface area contributed by atoms with Crippen molar-refractivity contribution in [3.8, 4) is 11.3 Å². The van der Waals surface area contributed by atoms with Crippen molar-refractivity contribution in [1.29, 1.82) is 0 Å². The summed E-state index contributed by atoms with van der Waals surface area (Å²) in [4.78, 5) is 34.6. The number of anilines is 1. The molecule has 0 radical (unpaired) electrons. The molecule has 1 unspecified atom stereocenters. The standard InChI is InChI=1S/C27H29Cl2N3O4S/c1-17(2)13-22-23(19-9-10-20(28)21(29)14-19)30-25(37-22)31-11-12-32(27(3,16-31)24(33)34)26(35)36-15-18-7-5-4-6-8-18/h4-10,14,17H,11-13,15-16H2,1-3H3,(H,33,34). The molecule has 37 heavy (non-hydrogen) atoms. The van der Waals surface area contributed by atoms with Crippen LogP contribution in [0.1, 0.15) is 31.2 Å². The van der Waals surface area contributed by atoms with Gasteiger partial charge in [-0.2, -0.15) is 0 Å². The Labute approximate surface area is 230 Å². The van der Waals surface area contributed by atoms with Gasteiger partial charge in [0.15, 0.2) is 10.7 Å². The van der Waals surface area contributed by atoms with E-state index in [1.54, 1.807) is 19.1 Å². The summed E-state index contributed by atoms with van der Waals surface area (Å²) in [5, 5.41) is 11.8. The van der Waals surface area contributed by atoms with Crippen LogP contribution < -0.4 is 4.90 Å². The third-order valence-electron chi connectivity index (χ3n) is 6.32. The summed E-state index contributed by atoms with van der Waals surface area (Å²) in [5.41, 5.74) is 1.02. The molecule has 196 valence electrons. The van der Waals surface area contributed by atoms with Gasteiger partial charge in [-0.05, 0) is 37.0 Å². The molecule has 1 amide bonds. The Balaban J connectivity index is 1.58. The first kappa shape index (κ1) is 27.2. The number of carboxylic acids is 1. The van der Waals surface area contributed by atoms with Gasteiger partial charge in [-0.25, -0.2) is 14.6 Å². The smallest absolute Gasteiger partial charge is 0.411 e. The highest BCUT2D eigenvalue weighted by Crippen LogP contribution is 2.38. The van der Waals surface area contributed by atoms with Crippen molar-refractivity contribution in [3.05, 3.63) is 69.0 Å². The largest absolute Gasteiger partial charge is 0.479 e. The van der Waals surface area contributed by atoms with E-state index in [4.69, 9.17) is 32.9 Å². The molecule has 3 aromatic rings. The van der Waals surface area contributed by atoms with Crippen molar-refractivity contribution in [1.82, 2.24) is 9.88 Å². The van der Waals surface area contributed by atoms with Crippen molar-refractivity contribution >= 4 is 51.7 Å². The van der Waals surface area contributed by atoms with Crippen molar-refractivity contribution in [2.75, 3.05) is 24.5 Å². The molecule has 7 nitrogen and oxygen atoms in total. The fraction of sp³-hybridized carbons (Fsp3) is 0.370. The van der Waals surface area contributed by atoms with Crippen LogP contribution in [0.25, 0.3) is 11.3 Å². The Hall–Kier alpha value is -2.81. The van der Waals surface area contributed by atoms with Crippen LogP contribution in [0.3, 0.4) is 0 Å². The number of carbonyl (C=O) groups excluding carboxylic acids is 1. The van der Waals surface area contributed by atoms with Crippen LogP contribution >= 0.6 is 34.5 Å². The second kappa shape index (κ2) is 11.3. The first-order valence-electron chi connectivity index (χ1n) is 12.0. The Morgan fingerprint density at radius 2 is 1.86 bits per heavy atom. The number of hydrogen-bond donors (Lipinski definition) is 1. The number of hydrogen-bond acceptors (Lipinski definition) is 6. The number of carbonyl (C=O) groups is 2. The lowest BCUT2D eigenvalue weighted by Gasteiger charge is -2.45. The predicted octanol–water partition coefficient (Wildman–Crippen LogP) is 6.62. The molecule has 1 aliphatic heterocycles. The van der Waals surface area contributed by atoms with Gasteiger partial charge in [0.05, 0.1) is 22.3 Å². The van der Waals surface area contributed by atoms with Gasteiger partial charge in [0, 0.05) is 23.5 Å². The fourth-order valence-corrected chi connectivity index (χ4v) is 5.91. The van der Waals surface area contributed by atoms with Crippen molar-refractivity contribution < 1.29 is 19.4 Å². The Morgan fingerprint density at radius 3 is 2.51 bits per heavy atom. The van der Waals surface area contributed by atoms with Crippen molar-refractivity contribution in [2.45, 2.75) is 39.3 Å². The number of ether oxygens (including phenoxy) is 1. The molecule has 10 heteroatoms. The summed E-state index contributed by atoms with van der Waals surface area (Å²) in [6.07, 6.45) is 0.166. The number of piperazine rings is 1. The third kappa shape index (κ3) is 6.03. The fourth-order valence-electron chi connectivity index (χ4n) is 4.29. The van der Waals surface area contributed by atoms with Crippen LogP contribution in [-0.4, -0.2) is 52.2 Å². The van der Waals surface area contributed by atoms with Gasteiger partial charge in [0.2, 0.25) is 0 Å². The minimum absolute atomic E-state index is 0.0770. The summed E-state index contributed by atoms with van der Waals surface area (Å²) < 4.78 is 5.47. The lowest BCUT2D eigenvalue weighted by Crippen LogP contribution is -2.66. The van der Waals surface area contributed by atoms with Crippen molar-refractivity contribution in [2.24, 2.45) is 5.92 Å². The lowest BCUT2D eigenvalue weighted by atomic mass is 9.97.